The van der Waals surface area contributed by atoms with E-state index < -0.39 is 29.8 Å². The zero-order chi connectivity index (χ0) is 29.8. The van der Waals surface area contributed by atoms with E-state index in [4.69, 9.17) is 17.2 Å². The molecular formula is C30H60N6O4. The topological polar surface area (TPSA) is 182 Å². The number of carbonyl (C=O) groups is 4. The monoisotopic (exact) mass is 568 g/mol. The Morgan fingerprint density at radius 3 is 1.50 bits per heavy atom. The first-order valence-electron chi connectivity index (χ1n) is 15.9. The summed E-state index contributed by atoms with van der Waals surface area (Å²) >= 11 is 0. The molecule has 0 saturated carbocycles. The number of rotatable bonds is 28. The third-order valence-corrected chi connectivity index (χ3v) is 7.15. The Morgan fingerprint density at radius 2 is 1.02 bits per heavy atom. The first-order chi connectivity index (χ1) is 19.3. The number of nitrogens with two attached hydrogens (primary N) is 3. The molecule has 0 rings (SSSR count). The predicted octanol–water partition coefficient (Wildman–Crippen LogP) is 3.30. The third kappa shape index (κ3) is 22.6. The fourth-order valence-electron chi connectivity index (χ4n) is 4.65. The molecule has 0 spiro atoms. The minimum Gasteiger partial charge on any atom is -0.368 e. The van der Waals surface area contributed by atoms with Crippen LogP contribution in [-0.2, 0) is 19.2 Å². The van der Waals surface area contributed by atoms with Crippen molar-refractivity contribution in [2.75, 3.05) is 19.6 Å². The van der Waals surface area contributed by atoms with Gasteiger partial charge < -0.3 is 33.2 Å². The molecule has 0 aliphatic rings. The van der Waals surface area contributed by atoms with Gasteiger partial charge in [0.15, 0.2) is 0 Å². The molecule has 0 radical (unpaired) electrons. The largest absolute Gasteiger partial charge is 0.368 e. The minimum absolute atomic E-state index is 0.158. The van der Waals surface area contributed by atoms with Gasteiger partial charge in [0.1, 0.15) is 12.1 Å². The van der Waals surface area contributed by atoms with Crippen molar-refractivity contribution in [3.8, 4) is 0 Å². The lowest BCUT2D eigenvalue weighted by molar-refractivity contribution is -0.131. The lowest BCUT2D eigenvalue weighted by Crippen LogP contribution is -2.51. The molecule has 0 unspecified atom stereocenters. The van der Waals surface area contributed by atoms with Gasteiger partial charge in [-0.1, -0.05) is 84.0 Å². The Balaban J connectivity index is 4.28. The second-order valence-corrected chi connectivity index (χ2v) is 10.9. The maximum absolute atomic E-state index is 12.8. The summed E-state index contributed by atoms with van der Waals surface area (Å²) in [7, 11) is 0. The molecule has 2 atom stereocenters. The summed E-state index contributed by atoms with van der Waals surface area (Å²) < 4.78 is 0. The third-order valence-electron chi connectivity index (χ3n) is 7.15. The van der Waals surface area contributed by atoms with Gasteiger partial charge in [-0.05, 0) is 58.0 Å². The zero-order valence-corrected chi connectivity index (χ0v) is 25.3. The van der Waals surface area contributed by atoms with Crippen LogP contribution in [0.3, 0.4) is 0 Å². The molecule has 0 fully saturated rings. The van der Waals surface area contributed by atoms with Crippen LogP contribution >= 0.6 is 0 Å². The van der Waals surface area contributed by atoms with Crippen molar-refractivity contribution in [3.05, 3.63) is 0 Å². The van der Waals surface area contributed by atoms with Crippen LogP contribution in [0.5, 0.6) is 0 Å². The number of unbranched alkanes of at least 4 members (excludes halogenated alkanes) is 14. The summed E-state index contributed by atoms with van der Waals surface area (Å²) in [5.74, 6) is -1.72. The summed E-state index contributed by atoms with van der Waals surface area (Å²) in [5.41, 5.74) is 16.4. The van der Waals surface area contributed by atoms with Crippen LogP contribution < -0.4 is 33.2 Å². The van der Waals surface area contributed by atoms with E-state index in [1.54, 1.807) is 0 Å². The Kier molecular flexibility index (Phi) is 25.5. The summed E-state index contributed by atoms with van der Waals surface area (Å²) in [5, 5.41) is 7.96. The van der Waals surface area contributed by atoms with Gasteiger partial charge in [-0.3, -0.25) is 19.2 Å². The fraction of sp³-hybridized carbons (Fsp3) is 0.867. The predicted molar refractivity (Wildman–Crippen MR) is 162 cm³/mol. The SMILES string of the molecule is CCCCCCCCCCCCCCCC(=O)N[C@@H](CCCCN)C(=O)NCC(=O)N[C@H](CCCCN)C(N)=O. The standard InChI is InChI=1S/C30H60N6O4/c1-2-3-4-5-6-7-8-9-10-11-12-13-14-21-27(37)36-26(20-16-18-23-32)30(40)34-24-28(38)35-25(29(33)39)19-15-17-22-31/h25-26H,2-24,31-32H2,1H3,(H2,33,39)(H,34,40)(H,35,38)(H,36,37)/t25-,26+/m1/s1. The van der Waals surface area contributed by atoms with Crippen molar-refractivity contribution in [1.29, 1.82) is 0 Å². The van der Waals surface area contributed by atoms with Crippen LogP contribution in [0.4, 0.5) is 0 Å². The van der Waals surface area contributed by atoms with E-state index in [-0.39, 0.29) is 12.5 Å². The number of carbonyl (C=O) groups excluding carboxylic acids is 4. The van der Waals surface area contributed by atoms with E-state index in [9.17, 15) is 19.2 Å². The first kappa shape index (κ1) is 37.8. The molecule has 234 valence electrons. The van der Waals surface area contributed by atoms with Crippen molar-refractivity contribution in [1.82, 2.24) is 16.0 Å². The highest BCUT2D eigenvalue weighted by Gasteiger charge is 2.22. The summed E-state index contributed by atoms with van der Waals surface area (Å²) in [6, 6.07) is -1.54. The lowest BCUT2D eigenvalue weighted by Gasteiger charge is -2.19. The van der Waals surface area contributed by atoms with Crippen molar-refractivity contribution < 1.29 is 19.2 Å². The van der Waals surface area contributed by atoms with Gasteiger partial charge >= 0.3 is 0 Å². The quantitative estimate of drug-likeness (QED) is 0.0787. The zero-order valence-electron chi connectivity index (χ0n) is 25.3. The van der Waals surface area contributed by atoms with Gasteiger partial charge in [0.2, 0.25) is 23.6 Å². The average Bonchev–Trinajstić information content (AvgIpc) is 2.93. The van der Waals surface area contributed by atoms with Crippen LogP contribution in [0.2, 0.25) is 0 Å². The second-order valence-electron chi connectivity index (χ2n) is 10.9. The summed E-state index contributed by atoms with van der Waals surface area (Å²) in [6.07, 6.45) is 20.1. The van der Waals surface area contributed by atoms with Crippen molar-refractivity contribution >= 4 is 23.6 Å². The van der Waals surface area contributed by atoms with Crippen LogP contribution in [0.25, 0.3) is 0 Å². The van der Waals surface area contributed by atoms with Crippen LogP contribution in [-0.4, -0.2) is 55.3 Å². The van der Waals surface area contributed by atoms with E-state index >= 15 is 0 Å². The maximum atomic E-state index is 12.8. The molecule has 40 heavy (non-hydrogen) atoms. The minimum atomic E-state index is -0.809. The molecular weight excluding hydrogens is 508 g/mol. The average molecular weight is 569 g/mol. The molecule has 10 nitrogen and oxygen atoms in total. The van der Waals surface area contributed by atoms with E-state index in [1.165, 1.54) is 64.2 Å². The van der Waals surface area contributed by atoms with Crippen molar-refractivity contribution in [2.45, 2.75) is 147 Å². The highest BCUT2D eigenvalue weighted by Crippen LogP contribution is 2.13. The first-order valence-corrected chi connectivity index (χ1v) is 15.9. The van der Waals surface area contributed by atoms with Gasteiger partial charge in [-0.25, -0.2) is 0 Å². The number of amides is 4. The van der Waals surface area contributed by atoms with E-state index in [1.807, 2.05) is 0 Å². The van der Waals surface area contributed by atoms with Crippen LogP contribution in [0, 0.1) is 0 Å². The van der Waals surface area contributed by atoms with E-state index in [0.29, 0.717) is 45.2 Å². The highest BCUT2D eigenvalue weighted by molar-refractivity contribution is 5.92. The van der Waals surface area contributed by atoms with Gasteiger partial charge in [-0.15, -0.1) is 0 Å². The lowest BCUT2D eigenvalue weighted by atomic mass is 10.0. The molecule has 0 saturated heterocycles. The van der Waals surface area contributed by atoms with Gasteiger partial charge in [-0.2, -0.15) is 0 Å². The number of hydrogen-bond donors (Lipinski definition) is 6. The fourth-order valence-corrected chi connectivity index (χ4v) is 4.65. The van der Waals surface area contributed by atoms with Gasteiger partial charge in [0.25, 0.3) is 0 Å². The molecule has 0 aromatic carbocycles. The molecule has 0 bridgehead atoms. The summed E-state index contributed by atoms with van der Waals surface area (Å²) in [4.78, 5) is 49.2. The van der Waals surface area contributed by atoms with Gasteiger partial charge in [0, 0.05) is 6.42 Å². The normalized spacial score (nSPS) is 12.5. The molecule has 4 amide bonds. The number of nitrogens with one attached hydrogen (secondary N) is 3. The number of primary amides is 1. The molecule has 0 aliphatic carbocycles. The van der Waals surface area contributed by atoms with Gasteiger partial charge in [0.05, 0.1) is 6.54 Å². The molecule has 0 aromatic heterocycles. The summed E-state index contributed by atoms with van der Waals surface area (Å²) in [6.45, 7) is 2.94. The molecule has 10 heteroatoms. The Hall–Kier alpha value is -2.20. The molecule has 0 aliphatic heterocycles. The number of hydrogen-bond acceptors (Lipinski definition) is 6. The smallest absolute Gasteiger partial charge is 0.243 e. The second kappa shape index (κ2) is 27.0. The van der Waals surface area contributed by atoms with E-state index in [0.717, 1.165) is 32.1 Å². The maximum Gasteiger partial charge on any atom is 0.243 e. The molecule has 0 aromatic rings. The Bertz CT molecular complexity index is 677. The van der Waals surface area contributed by atoms with Crippen molar-refractivity contribution in [2.24, 2.45) is 17.2 Å². The Labute approximate surface area is 243 Å². The van der Waals surface area contributed by atoms with Crippen molar-refractivity contribution in [3.63, 3.8) is 0 Å². The Morgan fingerprint density at radius 1 is 0.575 bits per heavy atom. The molecule has 0 heterocycles. The van der Waals surface area contributed by atoms with E-state index in [2.05, 4.69) is 22.9 Å². The molecule has 9 N–H and O–H groups in total. The van der Waals surface area contributed by atoms with Crippen LogP contribution in [0.1, 0.15) is 135 Å². The van der Waals surface area contributed by atoms with Crippen LogP contribution in [0.15, 0.2) is 0 Å². The highest BCUT2D eigenvalue weighted by atomic mass is 16.2.